The first kappa shape index (κ1) is 14.8. The molecule has 0 aromatic rings. The van der Waals surface area contributed by atoms with E-state index in [4.69, 9.17) is 0 Å². The fourth-order valence-electron chi connectivity index (χ4n) is 1.73. The van der Waals surface area contributed by atoms with Crippen molar-refractivity contribution in [2.45, 2.75) is 34.1 Å². The number of carbonyl (C=O) groups is 3. The third kappa shape index (κ3) is 4.13. The summed E-state index contributed by atoms with van der Waals surface area (Å²) in [6.07, 6.45) is 0.245. The molecule has 2 unspecified atom stereocenters. The first-order valence-electron chi connectivity index (χ1n) is 5.40. The lowest BCUT2D eigenvalue weighted by molar-refractivity contribution is -0.149. The van der Waals surface area contributed by atoms with E-state index in [1.807, 2.05) is 13.8 Å². The Morgan fingerprint density at radius 3 is 1.81 bits per heavy atom. The first-order valence-corrected chi connectivity index (χ1v) is 5.40. The topological polar surface area (TPSA) is 60.4 Å². The van der Waals surface area contributed by atoms with Gasteiger partial charge in [0, 0.05) is 5.92 Å². The van der Waals surface area contributed by atoms with Crippen LogP contribution in [0.15, 0.2) is 0 Å². The fourth-order valence-corrected chi connectivity index (χ4v) is 1.73. The zero-order valence-corrected chi connectivity index (χ0v) is 10.6. The molecule has 0 aliphatic carbocycles. The van der Waals surface area contributed by atoms with Crippen LogP contribution in [0, 0.1) is 17.8 Å². The normalized spacial score (nSPS) is 14.4. The molecule has 0 aromatic carbocycles. The van der Waals surface area contributed by atoms with Crippen molar-refractivity contribution < 1.29 is 19.1 Å². The number of carbonyl (C=O) groups excluding carboxylic acids is 3. The molecule has 0 aliphatic heterocycles. The highest BCUT2D eigenvalue weighted by atomic mass is 16.5. The minimum absolute atomic E-state index is 0.00477. The summed E-state index contributed by atoms with van der Waals surface area (Å²) in [4.78, 5) is 34.1. The van der Waals surface area contributed by atoms with Crippen molar-refractivity contribution in [3.05, 3.63) is 0 Å². The van der Waals surface area contributed by atoms with E-state index in [1.165, 1.54) is 21.0 Å². The number of Topliss-reactive ketones (excluding diaryl/α,β-unsaturated/α-hetero) is 2. The molecule has 0 radical (unpaired) electrons. The van der Waals surface area contributed by atoms with Crippen molar-refractivity contribution in [1.29, 1.82) is 0 Å². The Balaban J connectivity index is 4.78. The van der Waals surface area contributed by atoms with Gasteiger partial charge in [0.1, 0.15) is 17.5 Å². The summed E-state index contributed by atoms with van der Waals surface area (Å²) in [6.45, 7) is 6.64. The van der Waals surface area contributed by atoms with Gasteiger partial charge in [-0.15, -0.1) is 0 Å². The second-order valence-electron chi connectivity index (χ2n) is 4.38. The molecule has 92 valence electrons. The molecule has 0 amide bonds. The quantitative estimate of drug-likeness (QED) is 0.512. The number of esters is 1. The highest BCUT2D eigenvalue weighted by Gasteiger charge is 2.31. The lowest BCUT2D eigenvalue weighted by atomic mass is 9.82. The van der Waals surface area contributed by atoms with Gasteiger partial charge in [0.2, 0.25) is 0 Å². The van der Waals surface area contributed by atoms with E-state index in [2.05, 4.69) is 4.74 Å². The van der Waals surface area contributed by atoms with Gasteiger partial charge in [-0.3, -0.25) is 14.4 Å². The minimum atomic E-state index is -0.818. The molecule has 0 spiro atoms. The van der Waals surface area contributed by atoms with Gasteiger partial charge in [-0.05, 0) is 26.2 Å². The standard InChI is InChI=1S/C12H20O4/c1-7(2)10(8(3)13)6-11(9(4)14)12(15)16-5/h7,10-11H,6H2,1-5H3. The predicted octanol–water partition coefficient (Wildman–Crippen LogP) is 1.62. The monoisotopic (exact) mass is 228 g/mol. The van der Waals surface area contributed by atoms with Crippen LogP contribution in [0.1, 0.15) is 34.1 Å². The van der Waals surface area contributed by atoms with Crippen molar-refractivity contribution >= 4 is 17.5 Å². The van der Waals surface area contributed by atoms with Crippen LogP contribution in [0.5, 0.6) is 0 Å². The smallest absolute Gasteiger partial charge is 0.316 e. The third-order valence-electron chi connectivity index (χ3n) is 2.79. The SMILES string of the molecule is COC(=O)C(CC(C(C)=O)C(C)C)C(C)=O. The summed E-state index contributed by atoms with van der Waals surface area (Å²) >= 11 is 0. The maximum absolute atomic E-state index is 11.4. The number of hydrogen-bond acceptors (Lipinski definition) is 4. The number of ether oxygens (including phenoxy) is 1. The van der Waals surface area contributed by atoms with Crippen LogP contribution in [0.2, 0.25) is 0 Å². The van der Waals surface area contributed by atoms with Gasteiger partial charge in [-0.1, -0.05) is 13.8 Å². The van der Waals surface area contributed by atoms with Crippen molar-refractivity contribution in [1.82, 2.24) is 0 Å². The van der Waals surface area contributed by atoms with E-state index in [9.17, 15) is 14.4 Å². The number of rotatable bonds is 6. The minimum Gasteiger partial charge on any atom is -0.468 e. The van der Waals surface area contributed by atoms with Crippen molar-refractivity contribution in [3.8, 4) is 0 Å². The van der Waals surface area contributed by atoms with Crippen LogP contribution in [-0.4, -0.2) is 24.6 Å². The largest absolute Gasteiger partial charge is 0.468 e. The number of ketones is 2. The zero-order valence-electron chi connectivity index (χ0n) is 10.6. The third-order valence-corrected chi connectivity index (χ3v) is 2.79. The van der Waals surface area contributed by atoms with E-state index in [-0.39, 0.29) is 29.8 Å². The Hall–Kier alpha value is -1.19. The van der Waals surface area contributed by atoms with E-state index in [1.54, 1.807) is 0 Å². The molecule has 0 bridgehead atoms. The van der Waals surface area contributed by atoms with E-state index in [0.29, 0.717) is 0 Å². The number of hydrogen-bond donors (Lipinski definition) is 0. The number of methoxy groups -OCH3 is 1. The van der Waals surface area contributed by atoms with E-state index >= 15 is 0 Å². The maximum Gasteiger partial charge on any atom is 0.316 e. The van der Waals surface area contributed by atoms with Crippen LogP contribution >= 0.6 is 0 Å². The van der Waals surface area contributed by atoms with Gasteiger partial charge in [-0.2, -0.15) is 0 Å². The van der Waals surface area contributed by atoms with Crippen molar-refractivity contribution in [2.24, 2.45) is 17.8 Å². The van der Waals surface area contributed by atoms with E-state index in [0.717, 1.165) is 0 Å². The van der Waals surface area contributed by atoms with Crippen LogP contribution in [0.3, 0.4) is 0 Å². The molecule has 2 atom stereocenters. The summed E-state index contributed by atoms with van der Waals surface area (Å²) in [5, 5.41) is 0. The average Bonchev–Trinajstić information content (AvgIpc) is 2.15. The Bertz CT molecular complexity index is 281. The van der Waals surface area contributed by atoms with Crippen LogP contribution < -0.4 is 0 Å². The lowest BCUT2D eigenvalue weighted by Crippen LogP contribution is -2.30. The molecule has 0 saturated heterocycles. The molecule has 0 aromatic heterocycles. The highest BCUT2D eigenvalue weighted by Crippen LogP contribution is 2.23. The van der Waals surface area contributed by atoms with Gasteiger partial charge in [0.05, 0.1) is 7.11 Å². The second-order valence-corrected chi connectivity index (χ2v) is 4.38. The summed E-state index contributed by atoms with van der Waals surface area (Å²) in [5.74, 6) is -1.78. The van der Waals surface area contributed by atoms with E-state index < -0.39 is 11.9 Å². The average molecular weight is 228 g/mol. The molecule has 0 rings (SSSR count). The Kier molecular flexibility index (Phi) is 5.93. The maximum atomic E-state index is 11.4. The Morgan fingerprint density at radius 1 is 1.06 bits per heavy atom. The van der Waals surface area contributed by atoms with Gasteiger partial charge < -0.3 is 4.74 Å². The van der Waals surface area contributed by atoms with Gasteiger partial charge in [0.25, 0.3) is 0 Å². The zero-order chi connectivity index (χ0) is 12.9. The Labute approximate surface area is 96.4 Å². The molecule has 16 heavy (non-hydrogen) atoms. The lowest BCUT2D eigenvalue weighted by Gasteiger charge is -2.21. The highest BCUT2D eigenvalue weighted by molar-refractivity contribution is 5.98. The van der Waals surface area contributed by atoms with Crippen LogP contribution in [-0.2, 0) is 19.1 Å². The van der Waals surface area contributed by atoms with Crippen LogP contribution in [0.25, 0.3) is 0 Å². The molecule has 4 nitrogen and oxygen atoms in total. The Morgan fingerprint density at radius 2 is 1.56 bits per heavy atom. The predicted molar refractivity (Wildman–Crippen MR) is 59.8 cm³/mol. The first-order chi connectivity index (χ1) is 7.31. The molecule has 0 heterocycles. The fraction of sp³-hybridized carbons (Fsp3) is 0.750. The molecule has 0 N–H and O–H groups in total. The van der Waals surface area contributed by atoms with Crippen LogP contribution in [0.4, 0.5) is 0 Å². The molecule has 0 saturated carbocycles. The summed E-state index contributed by atoms with van der Waals surface area (Å²) in [5.41, 5.74) is 0. The molecular weight excluding hydrogens is 208 g/mol. The summed E-state index contributed by atoms with van der Waals surface area (Å²) in [7, 11) is 1.25. The van der Waals surface area contributed by atoms with Gasteiger partial charge >= 0.3 is 5.97 Å². The van der Waals surface area contributed by atoms with Gasteiger partial charge in [0.15, 0.2) is 0 Å². The van der Waals surface area contributed by atoms with Crippen molar-refractivity contribution in [2.75, 3.05) is 7.11 Å². The molecule has 0 fully saturated rings. The van der Waals surface area contributed by atoms with Gasteiger partial charge in [-0.25, -0.2) is 0 Å². The van der Waals surface area contributed by atoms with Crippen molar-refractivity contribution in [3.63, 3.8) is 0 Å². The summed E-state index contributed by atoms with van der Waals surface area (Å²) < 4.78 is 4.56. The summed E-state index contributed by atoms with van der Waals surface area (Å²) in [6, 6.07) is 0. The molecule has 4 heteroatoms. The second kappa shape index (κ2) is 6.40. The molecular formula is C12H20O4. The molecule has 0 aliphatic rings.